The van der Waals surface area contributed by atoms with E-state index < -0.39 is 27.8 Å². The summed E-state index contributed by atoms with van der Waals surface area (Å²) in [5, 5.41) is 9.52. The summed E-state index contributed by atoms with van der Waals surface area (Å²) in [4.78, 5) is 1.54. The van der Waals surface area contributed by atoms with Crippen LogP contribution >= 0.6 is 0 Å². The Kier molecular flexibility index (Phi) is 5.15. The Labute approximate surface area is 151 Å². The zero-order chi connectivity index (χ0) is 18.9. The number of hydrogen-bond acceptors (Lipinski definition) is 4. The molecule has 1 aliphatic heterocycles. The summed E-state index contributed by atoms with van der Waals surface area (Å²) in [6.07, 6.45) is 0.402. The van der Waals surface area contributed by atoms with E-state index in [1.807, 2.05) is 6.92 Å². The first-order valence-corrected chi connectivity index (χ1v) is 9.76. The van der Waals surface area contributed by atoms with Crippen molar-refractivity contribution < 1.29 is 22.3 Å². The predicted molar refractivity (Wildman–Crippen MR) is 95.8 cm³/mol. The predicted octanol–water partition coefficient (Wildman–Crippen LogP) is 3.04. The first-order valence-electron chi connectivity index (χ1n) is 8.28. The maximum absolute atomic E-state index is 14.4. The molecule has 1 saturated heterocycles. The van der Waals surface area contributed by atoms with E-state index in [0.29, 0.717) is 25.9 Å². The van der Waals surface area contributed by atoms with Gasteiger partial charge in [-0.15, -0.1) is 0 Å². The molecule has 1 aliphatic rings. The SMILES string of the molecule is Cc1ccc(S(=O)(=O)Nc2cc(F)c(N3CCC(O)CC3)c(F)c2)cc1. The van der Waals surface area contributed by atoms with Crippen molar-refractivity contribution in [3.63, 3.8) is 0 Å². The lowest BCUT2D eigenvalue weighted by Gasteiger charge is -2.32. The van der Waals surface area contributed by atoms with Crippen LogP contribution in [-0.2, 0) is 10.0 Å². The highest BCUT2D eigenvalue weighted by molar-refractivity contribution is 7.92. The highest BCUT2D eigenvalue weighted by Gasteiger charge is 2.24. The van der Waals surface area contributed by atoms with E-state index in [0.717, 1.165) is 17.7 Å². The van der Waals surface area contributed by atoms with Gasteiger partial charge in [-0.25, -0.2) is 17.2 Å². The van der Waals surface area contributed by atoms with Crippen molar-refractivity contribution >= 4 is 21.4 Å². The number of rotatable bonds is 4. The molecule has 3 rings (SSSR count). The summed E-state index contributed by atoms with van der Waals surface area (Å²) in [5.41, 5.74) is 0.522. The molecule has 0 spiro atoms. The maximum atomic E-state index is 14.4. The van der Waals surface area contributed by atoms with Crippen LogP contribution < -0.4 is 9.62 Å². The molecule has 2 N–H and O–H groups in total. The van der Waals surface area contributed by atoms with Gasteiger partial charge in [0.1, 0.15) is 5.69 Å². The number of aliphatic hydroxyl groups excluding tert-OH is 1. The van der Waals surface area contributed by atoms with E-state index in [1.165, 1.54) is 17.0 Å². The number of nitrogens with zero attached hydrogens (tertiary/aromatic N) is 1. The third-order valence-electron chi connectivity index (χ3n) is 4.38. The van der Waals surface area contributed by atoms with Gasteiger partial charge in [0.25, 0.3) is 10.0 Å². The van der Waals surface area contributed by atoms with Crippen molar-refractivity contribution in [2.45, 2.75) is 30.8 Å². The average molecular weight is 382 g/mol. The normalized spacial score (nSPS) is 15.9. The second kappa shape index (κ2) is 7.20. The van der Waals surface area contributed by atoms with Crippen LogP contribution in [0.15, 0.2) is 41.3 Å². The first-order chi connectivity index (χ1) is 12.3. The third kappa shape index (κ3) is 3.96. The minimum Gasteiger partial charge on any atom is -0.393 e. The van der Waals surface area contributed by atoms with Crippen LogP contribution in [0.2, 0.25) is 0 Å². The van der Waals surface area contributed by atoms with Gasteiger partial charge in [-0.05, 0) is 31.9 Å². The van der Waals surface area contributed by atoms with Crippen molar-refractivity contribution in [1.29, 1.82) is 0 Å². The quantitative estimate of drug-likeness (QED) is 0.853. The molecule has 26 heavy (non-hydrogen) atoms. The highest BCUT2D eigenvalue weighted by Crippen LogP contribution is 2.30. The van der Waals surface area contributed by atoms with Gasteiger partial charge in [0.05, 0.1) is 16.7 Å². The lowest BCUT2D eigenvalue weighted by Crippen LogP contribution is -2.36. The lowest BCUT2D eigenvalue weighted by atomic mass is 10.1. The molecule has 0 aromatic heterocycles. The molecule has 0 saturated carbocycles. The fourth-order valence-electron chi connectivity index (χ4n) is 2.95. The van der Waals surface area contributed by atoms with Crippen LogP contribution in [0.4, 0.5) is 20.2 Å². The Morgan fingerprint density at radius 2 is 1.62 bits per heavy atom. The number of nitrogens with one attached hydrogen (secondary N) is 1. The molecule has 2 aromatic carbocycles. The van der Waals surface area contributed by atoms with Gasteiger partial charge >= 0.3 is 0 Å². The molecule has 0 bridgehead atoms. The summed E-state index contributed by atoms with van der Waals surface area (Å²) < 4.78 is 55.8. The van der Waals surface area contributed by atoms with Crippen LogP contribution in [0.3, 0.4) is 0 Å². The third-order valence-corrected chi connectivity index (χ3v) is 5.78. The van der Waals surface area contributed by atoms with E-state index in [9.17, 15) is 22.3 Å². The fraction of sp³-hybridized carbons (Fsp3) is 0.333. The van der Waals surface area contributed by atoms with E-state index in [4.69, 9.17) is 0 Å². The van der Waals surface area contributed by atoms with Crippen molar-refractivity contribution in [3.05, 3.63) is 53.6 Å². The van der Waals surface area contributed by atoms with Crippen LogP contribution in [-0.4, -0.2) is 32.7 Å². The Morgan fingerprint density at radius 3 is 2.15 bits per heavy atom. The Morgan fingerprint density at radius 1 is 1.08 bits per heavy atom. The number of aliphatic hydroxyl groups is 1. The molecule has 0 unspecified atom stereocenters. The average Bonchev–Trinajstić information content (AvgIpc) is 2.56. The lowest BCUT2D eigenvalue weighted by molar-refractivity contribution is 0.145. The van der Waals surface area contributed by atoms with Gasteiger partial charge in [-0.1, -0.05) is 17.7 Å². The summed E-state index contributed by atoms with van der Waals surface area (Å²) >= 11 is 0. The van der Waals surface area contributed by atoms with Crippen molar-refractivity contribution in [3.8, 4) is 0 Å². The monoisotopic (exact) mass is 382 g/mol. The number of anilines is 2. The summed E-state index contributed by atoms with van der Waals surface area (Å²) in [7, 11) is -3.94. The minimum absolute atomic E-state index is 0.0120. The number of halogens is 2. The van der Waals surface area contributed by atoms with Crippen LogP contribution in [0, 0.1) is 18.6 Å². The standard InChI is InChI=1S/C18H20F2N2O3S/c1-12-2-4-15(5-3-12)26(24,25)21-13-10-16(19)18(17(20)11-13)22-8-6-14(23)7-9-22/h2-5,10-11,14,21,23H,6-9H2,1H3. The van der Waals surface area contributed by atoms with Crippen LogP contribution in [0.25, 0.3) is 0 Å². The largest absolute Gasteiger partial charge is 0.393 e. The minimum atomic E-state index is -3.94. The van der Waals surface area contributed by atoms with E-state index in [-0.39, 0.29) is 16.3 Å². The number of aryl methyl sites for hydroxylation is 1. The number of piperidine rings is 1. The smallest absolute Gasteiger partial charge is 0.261 e. The zero-order valence-corrected chi connectivity index (χ0v) is 15.1. The maximum Gasteiger partial charge on any atom is 0.261 e. The van der Waals surface area contributed by atoms with Crippen LogP contribution in [0.1, 0.15) is 18.4 Å². The van der Waals surface area contributed by atoms with Gasteiger partial charge in [0.15, 0.2) is 11.6 Å². The molecule has 8 heteroatoms. The molecular formula is C18H20F2N2O3S. The molecular weight excluding hydrogens is 362 g/mol. The zero-order valence-electron chi connectivity index (χ0n) is 14.2. The number of benzene rings is 2. The Hall–Kier alpha value is -2.19. The number of hydrogen-bond donors (Lipinski definition) is 2. The summed E-state index contributed by atoms with van der Waals surface area (Å²) in [6.45, 7) is 2.50. The molecule has 1 fully saturated rings. The van der Waals surface area contributed by atoms with E-state index in [1.54, 1.807) is 12.1 Å². The van der Waals surface area contributed by atoms with Gasteiger partial charge in [0.2, 0.25) is 0 Å². The molecule has 2 aromatic rings. The molecule has 0 radical (unpaired) electrons. The molecule has 1 heterocycles. The second-order valence-corrected chi connectivity index (χ2v) is 8.11. The number of sulfonamides is 1. The van der Waals surface area contributed by atoms with Crippen molar-refractivity contribution in [2.75, 3.05) is 22.7 Å². The van der Waals surface area contributed by atoms with Gasteiger partial charge in [-0.2, -0.15) is 0 Å². The highest BCUT2D eigenvalue weighted by atomic mass is 32.2. The summed E-state index contributed by atoms with van der Waals surface area (Å²) in [6, 6.07) is 8.08. The second-order valence-electron chi connectivity index (χ2n) is 6.43. The first kappa shape index (κ1) is 18.6. The van der Waals surface area contributed by atoms with Gasteiger partial charge in [0, 0.05) is 25.2 Å². The van der Waals surface area contributed by atoms with E-state index in [2.05, 4.69) is 4.72 Å². The molecule has 0 amide bonds. The molecule has 140 valence electrons. The Bertz CT molecular complexity index is 870. The summed E-state index contributed by atoms with van der Waals surface area (Å²) in [5.74, 6) is -1.69. The van der Waals surface area contributed by atoms with E-state index >= 15 is 0 Å². The molecule has 0 aliphatic carbocycles. The topological polar surface area (TPSA) is 69.6 Å². The fourth-order valence-corrected chi connectivity index (χ4v) is 3.99. The van der Waals surface area contributed by atoms with Gasteiger partial charge < -0.3 is 10.0 Å². The van der Waals surface area contributed by atoms with Crippen molar-refractivity contribution in [1.82, 2.24) is 0 Å². The Balaban J connectivity index is 1.84. The van der Waals surface area contributed by atoms with Crippen LogP contribution in [0.5, 0.6) is 0 Å². The molecule has 0 atom stereocenters. The molecule has 5 nitrogen and oxygen atoms in total. The van der Waals surface area contributed by atoms with Crippen molar-refractivity contribution in [2.24, 2.45) is 0 Å². The van der Waals surface area contributed by atoms with Gasteiger partial charge in [-0.3, -0.25) is 4.72 Å².